The Morgan fingerprint density at radius 3 is 2.44 bits per heavy atom. The Morgan fingerprint density at radius 1 is 1.20 bits per heavy atom. The van der Waals surface area contributed by atoms with Gasteiger partial charge in [0.1, 0.15) is 4.90 Å². The molecule has 25 heavy (non-hydrogen) atoms. The number of nitrogens with one attached hydrogen (secondary N) is 1. The van der Waals surface area contributed by atoms with E-state index >= 15 is 0 Å². The zero-order chi connectivity index (χ0) is 18.8. The molecular formula is C18H20BrNO4S. The third kappa shape index (κ3) is 4.61. The smallest absolute Gasteiger partial charge is 0.339 e. The first-order chi connectivity index (χ1) is 11.6. The molecule has 0 atom stereocenters. The maximum absolute atomic E-state index is 12.9. The topological polar surface area (TPSA) is 72.5 Å². The Balaban J connectivity index is 2.51. The second kappa shape index (κ2) is 7.58. The molecule has 7 heteroatoms. The van der Waals surface area contributed by atoms with E-state index in [0.717, 1.165) is 10.0 Å². The van der Waals surface area contributed by atoms with Crippen molar-refractivity contribution >= 4 is 37.6 Å². The molecule has 0 aliphatic rings. The van der Waals surface area contributed by atoms with E-state index in [1.807, 2.05) is 20.8 Å². The molecule has 0 heterocycles. The number of amides is 1. The van der Waals surface area contributed by atoms with E-state index in [2.05, 4.69) is 21.2 Å². The number of aryl methyl sites for hydroxylation is 1. The molecule has 0 aliphatic heterocycles. The van der Waals surface area contributed by atoms with E-state index in [4.69, 9.17) is 4.18 Å². The number of hydrogen-bond acceptors (Lipinski definition) is 4. The van der Waals surface area contributed by atoms with Crippen molar-refractivity contribution < 1.29 is 17.4 Å². The van der Waals surface area contributed by atoms with Crippen molar-refractivity contribution in [1.29, 1.82) is 0 Å². The molecule has 0 unspecified atom stereocenters. The zero-order valence-electron chi connectivity index (χ0n) is 14.5. The van der Waals surface area contributed by atoms with E-state index in [-0.39, 0.29) is 22.5 Å². The number of carbonyl (C=O) groups excluding carboxylic acids is 1. The Bertz CT molecular complexity index is 907. The number of rotatable bonds is 5. The summed E-state index contributed by atoms with van der Waals surface area (Å²) in [7, 11) is -4.06. The van der Waals surface area contributed by atoms with Gasteiger partial charge in [-0.15, -0.1) is 0 Å². The molecule has 0 fully saturated rings. The Kier molecular flexibility index (Phi) is 5.90. The number of halogens is 1. The fraction of sp³-hybridized carbons (Fsp3) is 0.278. The zero-order valence-corrected chi connectivity index (χ0v) is 16.9. The van der Waals surface area contributed by atoms with Crippen molar-refractivity contribution in [2.24, 2.45) is 0 Å². The van der Waals surface area contributed by atoms with Crippen LogP contribution in [0.3, 0.4) is 0 Å². The lowest BCUT2D eigenvalue weighted by Gasteiger charge is -2.17. The highest BCUT2D eigenvalue weighted by molar-refractivity contribution is 9.10. The van der Waals surface area contributed by atoms with Crippen LogP contribution in [0.5, 0.6) is 5.75 Å². The molecule has 134 valence electrons. The van der Waals surface area contributed by atoms with E-state index in [1.54, 1.807) is 30.3 Å². The molecule has 1 N–H and O–H groups in total. The van der Waals surface area contributed by atoms with Gasteiger partial charge in [0, 0.05) is 11.4 Å². The van der Waals surface area contributed by atoms with Crippen molar-refractivity contribution in [2.45, 2.75) is 38.5 Å². The summed E-state index contributed by atoms with van der Waals surface area (Å²) in [6, 6.07) is 9.82. The van der Waals surface area contributed by atoms with Crippen molar-refractivity contribution in [1.82, 2.24) is 0 Å². The molecule has 0 radical (unpaired) electrons. The first-order valence-corrected chi connectivity index (χ1v) is 9.93. The lowest BCUT2D eigenvalue weighted by atomic mass is 10.0. The molecule has 1 amide bonds. The number of benzene rings is 2. The Morgan fingerprint density at radius 2 is 1.84 bits per heavy atom. The van der Waals surface area contributed by atoms with Gasteiger partial charge in [-0.1, -0.05) is 41.9 Å². The van der Waals surface area contributed by atoms with Gasteiger partial charge in [-0.2, -0.15) is 8.42 Å². The summed E-state index contributed by atoms with van der Waals surface area (Å²) in [5.74, 6) is -0.236. The highest BCUT2D eigenvalue weighted by Gasteiger charge is 2.24. The molecule has 0 aliphatic carbocycles. The second-order valence-electron chi connectivity index (χ2n) is 6.01. The first kappa shape index (κ1) is 19.5. The Labute approximate surface area is 156 Å². The number of carbonyl (C=O) groups is 1. The molecule has 2 rings (SSSR count). The van der Waals surface area contributed by atoms with Crippen LogP contribution in [0.1, 0.15) is 37.8 Å². The van der Waals surface area contributed by atoms with Crippen LogP contribution in [0.4, 0.5) is 5.69 Å². The van der Waals surface area contributed by atoms with Gasteiger partial charge in [0.15, 0.2) is 5.75 Å². The molecular weight excluding hydrogens is 406 g/mol. The summed E-state index contributed by atoms with van der Waals surface area (Å²) in [6.45, 7) is 7.00. The quantitative estimate of drug-likeness (QED) is 0.709. The summed E-state index contributed by atoms with van der Waals surface area (Å²) < 4.78 is 31.9. The minimum atomic E-state index is -4.06. The van der Waals surface area contributed by atoms with Gasteiger partial charge in [0.25, 0.3) is 0 Å². The van der Waals surface area contributed by atoms with E-state index in [0.29, 0.717) is 11.3 Å². The SMILES string of the molecule is CC(=O)Nc1ccccc1OS(=O)(=O)c1cc(C)c(Br)cc1C(C)C. The molecule has 0 bridgehead atoms. The summed E-state index contributed by atoms with van der Waals surface area (Å²) in [4.78, 5) is 11.4. The maximum atomic E-state index is 12.9. The van der Waals surface area contributed by atoms with Crippen LogP contribution in [-0.4, -0.2) is 14.3 Å². The van der Waals surface area contributed by atoms with Crippen molar-refractivity contribution in [3.8, 4) is 5.75 Å². The minimum absolute atomic E-state index is 0.00383. The lowest BCUT2D eigenvalue weighted by molar-refractivity contribution is -0.114. The molecule has 0 aromatic heterocycles. The average molecular weight is 426 g/mol. The third-order valence-corrected chi connectivity index (χ3v) is 5.73. The van der Waals surface area contributed by atoms with Crippen LogP contribution in [0, 0.1) is 6.92 Å². The second-order valence-corrected chi connectivity index (χ2v) is 8.38. The average Bonchev–Trinajstić information content (AvgIpc) is 2.50. The largest absolute Gasteiger partial charge is 0.377 e. The lowest BCUT2D eigenvalue weighted by Crippen LogP contribution is -2.15. The Hall–Kier alpha value is -1.86. The maximum Gasteiger partial charge on any atom is 0.339 e. The summed E-state index contributed by atoms with van der Waals surface area (Å²) in [5, 5.41) is 2.57. The van der Waals surface area contributed by atoms with Gasteiger partial charge in [-0.25, -0.2) is 0 Å². The number of anilines is 1. The predicted molar refractivity (Wildman–Crippen MR) is 102 cm³/mol. The van der Waals surface area contributed by atoms with E-state index < -0.39 is 10.1 Å². The standard InChI is InChI=1S/C18H20BrNO4S/c1-11(2)14-10-15(19)12(3)9-18(14)25(22,23)24-17-8-6-5-7-16(17)20-13(4)21/h5-11H,1-4H3,(H,20,21). The minimum Gasteiger partial charge on any atom is -0.377 e. The van der Waals surface area contributed by atoms with Gasteiger partial charge >= 0.3 is 10.1 Å². The molecule has 0 saturated carbocycles. The molecule has 0 spiro atoms. The number of para-hydroxylation sites is 2. The van der Waals surface area contributed by atoms with Crippen molar-refractivity contribution in [3.05, 3.63) is 52.0 Å². The molecule has 2 aromatic rings. The molecule has 2 aromatic carbocycles. The van der Waals surface area contributed by atoms with Crippen LogP contribution in [0.25, 0.3) is 0 Å². The van der Waals surface area contributed by atoms with E-state index in [1.165, 1.54) is 13.0 Å². The monoisotopic (exact) mass is 425 g/mol. The fourth-order valence-electron chi connectivity index (χ4n) is 2.33. The third-order valence-electron chi connectivity index (χ3n) is 3.58. The van der Waals surface area contributed by atoms with Crippen LogP contribution in [0.15, 0.2) is 45.8 Å². The van der Waals surface area contributed by atoms with Crippen LogP contribution >= 0.6 is 15.9 Å². The van der Waals surface area contributed by atoms with Gasteiger partial charge < -0.3 is 9.50 Å². The summed E-state index contributed by atoms with van der Waals surface area (Å²) in [6.07, 6.45) is 0. The normalized spacial score (nSPS) is 11.4. The highest BCUT2D eigenvalue weighted by atomic mass is 79.9. The molecule has 5 nitrogen and oxygen atoms in total. The van der Waals surface area contributed by atoms with E-state index in [9.17, 15) is 13.2 Å². The van der Waals surface area contributed by atoms with Crippen LogP contribution in [-0.2, 0) is 14.9 Å². The van der Waals surface area contributed by atoms with Gasteiger partial charge in [0.05, 0.1) is 5.69 Å². The predicted octanol–water partition coefficient (Wildman–Crippen LogP) is 4.61. The first-order valence-electron chi connectivity index (χ1n) is 7.73. The molecule has 0 saturated heterocycles. The van der Waals surface area contributed by atoms with Crippen molar-refractivity contribution in [2.75, 3.05) is 5.32 Å². The highest BCUT2D eigenvalue weighted by Crippen LogP contribution is 2.33. The number of hydrogen-bond donors (Lipinski definition) is 1. The van der Waals surface area contributed by atoms with Crippen LogP contribution in [0.2, 0.25) is 0 Å². The van der Waals surface area contributed by atoms with Gasteiger partial charge in [-0.3, -0.25) is 4.79 Å². The van der Waals surface area contributed by atoms with Crippen LogP contribution < -0.4 is 9.50 Å². The summed E-state index contributed by atoms with van der Waals surface area (Å²) in [5.41, 5.74) is 1.76. The fourth-order valence-corrected chi connectivity index (χ4v) is 4.07. The van der Waals surface area contributed by atoms with Crippen molar-refractivity contribution in [3.63, 3.8) is 0 Å². The van der Waals surface area contributed by atoms with Gasteiger partial charge in [0.2, 0.25) is 5.91 Å². The summed E-state index contributed by atoms with van der Waals surface area (Å²) >= 11 is 3.44. The van der Waals surface area contributed by atoms with Gasteiger partial charge in [-0.05, 0) is 48.2 Å².